The Kier molecular flexibility index (Phi) is 5.43. The highest BCUT2D eigenvalue weighted by Gasteiger charge is 2.35. The van der Waals surface area contributed by atoms with Crippen LogP contribution in [-0.4, -0.2) is 32.0 Å². The van der Waals surface area contributed by atoms with E-state index in [9.17, 15) is 9.13 Å². The summed E-state index contributed by atoms with van der Waals surface area (Å²) in [6, 6.07) is 0. The van der Waals surface area contributed by atoms with Crippen molar-refractivity contribution in [2.45, 2.75) is 18.7 Å². The molecule has 14 heavy (non-hydrogen) atoms. The maximum Gasteiger partial charge on any atom is 0.470 e. The molecule has 0 heterocycles. The van der Waals surface area contributed by atoms with Crippen LogP contribution in [0, 0.1) is 0 Å². The summed E-state index contributed by atoms with van der Waals surface area (Å²) >= 11 is 0. The molecule has 0 aromatic heterocycles. The molecule has 0 aliphatic carbocycles. The van der Waals surface area contributed by atoms with Crippen LogP contribution in [-0.2, 0) is 13.7 Å². The summed E-state index contributed by atoms with van der Waals surface area (Å²) < 4.78 is 25.0. The first-order valence-corrected chi connectivity index (χ1v) is 6.87. The van der Waals surface area contributed by atoms with E-state index in [2.05, 4.69) is 4.52 Å². The molecule has 0 fully saturated rings. The molecule has 0 saturated carbocycles. The lowest BCUT2D eigenvalue weighted by atomic mass is 10.3. The molecule has 1 unspecified atom stereocenters. The Bertz CT molecular complexity index is 256. The van der Waals surface area contributed by atoms with E-state index >= 15 is 0 Å². The van der Waals surface area contributed by atoms with Crippen LogP contribution in [0.25, 0.3) is 0 Å². The number of hydrogen-bond acceptors (Lipinski definition) is 4. The summed E-state index contributed by atoms with van der Waals surface area (Å²) in [6.45, 7) is 0.154. The second-order valence-electron chi connectivity index (χ2n) is 2.57. The van der Waals surface area contributed by atoms with Crippen molar-refractivity contribution >= 4 is 15.4 Å². The van der Waals surface area contributed by atoms with E-state index in [0.717, 1.165) is 0 Å². The van der Waals surface area contributed by atoms with Crippen LogP contribution in [0.4, 0.5) is 0 Å². The van der Waals surface area contributed by atoms with Gasteiger partial charge in [-0.1, -0.05) is 0 Å². The number of nitrogens with two attached hydrogens (primary N) is 1. The van der Waals surface area contributed by atoms with Gasteiger partial charge in [-0.25, -0.2) is 4.57 Å². The fourth-order valence-electron chi connectivity index (χ4n) is 0.733. The Labute approximate surface area is 80.5 Å². The molecule has 10 heteroatoms. The first-order chi connectivity index (χ1) is 6.17. The maximum atomic E-state index is 10.7. The fourth-order valence-corrected chi connectivity index (χ4v) is 2.53. The highest BCUT2D eigenvalue weighted by atomic mass is 31.2. The van der Waals surface area contributed by atoms with Crippen LogP contribution in [0.3, 0.4) is 0 Å². The molecule has 0 aromatic rings. The van der Waals surface area contributed by atoms with E-state index in [1.54, 1.807) is 0 Å². The SMILES string of the molecule is NCCCC(OP(=O)(O)O)P(=O)(O)O. The van der Waals surface area contributed by atoms with Crippen molar-refractivity contribution in [1.82, 2.24) is 0 Å². The van der Waals surface area contributed by atoms with E-state index in [-0.39, 0.29) is 19.4 Å². The van der Waals surface area contributed by atoms with Crippen LogP contribution in [0.5, 0.6) is 0 Å². The molecule has 0 amide bonds. The second kappa shape index (κ2) is 5.34. The average molecular weight is 249 g/mol. The molecule has 0 bridgehead atoms. The quantitative estimate of drug-likeness (QED) is 0.389. The van der Waals surface area contributed by atoms with Gasteiger partial charge in [0.1, 0.15) is 0 Å². The standard InChI is InChI=1S/C4H13NO7P2/c5-3-1-2-4(13(6,7)8)12-14(9,10)11/h4H,1-3,5H2,(H2,6,7,8)(H2,9,10,11). The maximum absolute atomic E-state index is 10.7. The third-order valence-corrected chi connectivity index (χ3v) is 3.10. The molecular formula is C4H13NO7P2. The zero-order valence-electron chi connectivity index (χ0n) is 7.18. The molecule has 0 saturated heterocycles. The lowest BCUT2D eigenvalue weighted by Gasteiger charge is -2.18. The topological polar surface area (TPSA) is 150 Å². The first-order valence-electron chi connectivity index (χ1n) is 3.66. The van der Waals surface area contributed by atoms with E-state index in [1.807, 2.05) is 0 Å². The molecule has 0 aliphatic heterocycles. The molecule has 0 radical (unpaired) electrons. The van der Waals surface area contributed by atoms with Gasteiger partial charge in [0, 0.05) is 0 Å². The summed E-state index contributed by atoms with van der Waals surface area (Å²) in [6.07, 6.45) is 0.00165. The highest BCUT2D eigenvalue weighted by molar-refractivity contribution is 7.53. The van der Waals surface area contributed by atoms with Crippen molar-refractivity contribution in [3.05, 3.63) is 0 Å². The zero-order chi connectivity index (χ0) is 11.4. The lowest BCUT2D eigenvalue weighted by molar-refractivity contribution is 0.148. The molecular weight excluding hydrogens is 236 g/mol. The van der Waals surface area contributed by atoms with Crippen LogP contribution >= 0.6 is 15.4 Å². The Balaban J connectivity index is 4.42. The van der Waals surface area contributed by atoms with Gasteiger partial charge in [0.05, 0.1) is 0 Å². The third-order valence-electron chi connectivity index (χ3n) is 1.29. The first kappa shape index (κ1) is 14.2. The highest BCUT2D eigenvalue weighted by Crippen LogP contribution is 2.51. The molecule has 86 valence electrons. The Hall–Kier alpha value is 0.220. The van der Waals surface area contributed by atoms with E-state index < -0.39 is 21.3 Å². The molecule has 0 rings (SSSR count). The largest absolute Gasteiger partial charge is 0.470 e. The summed E-state index contributed by atoms with van der Waals surface area (Å²) in [5, 5.41) is 0. The fraction of sp³-hybridized carbons (Fsp3) is 1.00. The Morgan fingerprint density at radius 3 is 2.00 bits per heavy atom. The van der Waals surface area contributed by atoms with Gasteiger partial charge in [-0.2, -0.15) is 0 Å². The molecule has 1 atom stereocenters. The average Bonchev–Trinajstić information content (AvgIpc) is 1.93. The summed E-state index contributed by atoms with van der Waals surface area (Å²) in [7, 11) is -9.56. The van der Waals surface area contributed by atoms with Gasteiger partial charge in [-0.15, -0.1) is 0 Å². The van der Waals surface area contributed by atoms with Gasteiger partial charge in [-0.3, -0.25) is 9.09 Å². The smallest absolute Gasteiger partial charge is 0.330 e. The minimum Gasteiger partial charge on any atom is -0.330 e. The Morgan fingerprint density at radius 1 is 1.21 bits per heavy atom. The molecule has 0 spiro atoms. The predicted molar refractivity (Wildman–Crippen MR) is 47.2 cm³/mol. The van der Waals surface area contributed by atoms with Crippen LogP contribution in [0.1, 0.15) is 12.8 Å². The van der Waals surface area contributed by atoms with Crippen LogP contribution < -0.4 is 5.73 Å². The van der Waals surface area contributed by atoms with Crippen LogP contribution in [0.2, 0.25) is 0 Å². The van der Waals surface area contributed by atoms with Gasteiger partial charge in [-0.05, 0) is 19.4 Å². The van der Waals surface area contributed by atoms with Gasteiger partial charge in [0.25, 0.3) is 0 Å². The third kappa shape index (κ3) is 6.64. The van der Waals surface area contributed by atoms with Crippen LogP contribution in [0.15, 0.2) is 0 Å². The van der Waals surface area contributed by atoms with Gasteiger partial charge in [0.2, 0.25) is 0 Å². The Morgan fingerprint density at radius 2 is 1.71 bits per heavy atom. The molecule has 0 aromatic carbocycles. The van der Waals surface area contributed by atoms with Gasteiger partial charge < -0.3 is 25.3 Å². The molecule has 0 aliphatic rings. The number of phosphoric ester groups is 1. The van der Waals surface area contributed by atoms with Crippen molar-refractivity contribution in [3.63, 3.8) is 0 Å². The van der Waals surface area contributed by atoms with E-state index in [0.29, 0.717) is 0 Å². The molecule has 6 N–H and O–H groups in total. The van der Waals surface area contributed by atoms with Crippen molar-refractivity contribution in [1.29, 1.82) is 0 Å². The zero-order valence-corrected chi connectivity index (χ0v) is 8.97. The van der Waals surface area contributed by atoms with E-state index in [4.69, 9.17) is 25.3 Å². The van der Waals surface area contributed by atoms with Gasteiger partial charge in [0.15, 0.2) is 5.85 Å². The van der Waals surface area contributed by atoms with Crippen molar-refractivity contribution in [3.8, 4) is 0 Å². The minimum atomic E-state index is -4.89. The summed E-state index contributed by atoms with van der Waals surface area (Å²) in [4.78, 5) is 34.1. The number of phosphoric acid groups is 1. The van der Waals surface area contributed by atoms with E-state index in [1.165, 1.54) is 0 Å². The summed E-state index contributed by atoms with van der Waals surface area (Å²) in [5.74, 6) is -1.80. The van der Waals surface area contributed by atoms with Crippen molar-refractivity contribution in [2.24, 2.45) is 5.73 Å². The lowest BCUT2D eigenvalue weighted by Crippen LogP contribution is -2.14. The monoisotopic (exact) mass is 249 g/mol. The number of hydrogen-bond donors (Lipinski definition) is 5. The summed E-state index contributed by atoms with van der Waals surface area (Å²) in [5.41, 5.74) is 5.08. The van der Waals surface area contributed by atoms with Crippen molar-refractivity contribution < 1.29 is 33.2 Å². The minimum absolute atomic E-state index is 0.154. The van der Waals surface area contributed by atoms with Gasteiger partial charge >= 0.3 is 15.4 Å². The predicted octanol–water partition coefficient (Wildman–Crippen LogP) is -0.662. The number of rotatable bonds is 6. The second-order valence-corrected chi connectivity index (χ2v) is 5.52. The van der Waals surface area contributed by atoms with Crippen molar-refractivity contribution in [2.75, 3.05) is 6.54 Å². The normalized spacial score (nSPS) is 15.5. The molecule has 8 nitrogen and oxygen atoms in total.